The topological polar surface area (TPSA) is 71.1 Å². The zero-order valence-electron chi connectivity index (χ0n) is 12.8. The smallest absolute Gasteiger partial charge is 0.270 e. The van der Waals surface area contributed by atoms with E-state index in [0.717, 1.165) is 17.8 Å². The standard InChI is InChI=1S/C16H18FN3O2S/c1-2-3-14-20-13(10-23-14)16(22)19-9-8-18-15(21)11-4-6-12(17)7-5-11/h4-7,10H,2-3,8-9H2,1H3,(H,18,21)(H,19,22). The van der Waals surface area contributed by atoms with Crippen LogP contribution >= 0.6 is 11.3 Å². The molecule has 2 rings (SSSR count). The molecule has 2 aromatic rings. The van der Waals surface area contributed by atoms with Gasteiger partial charge in [-0.25, -0.2) is 9.37 Å². The van der Waals surface area contributed by atoms with Gasteiger partial charge in [0, 0.05) is 24.0 Å². The maximum atomic E-state index is 12.8. The average molecular weight is 335 g/mol. The number of nitrogens with one attached hydrogen (secondary N) is 2. The van der Waals surface area contributed by atoms with Crippen molar-refractivity contribution in [3.63, 3.8) is 0 Å². The number of thiazole rings is 1. The summed E-state index contributed by atoms with van der Waals surface area (Å²) in [6.07, 6.45) is 1.86. The lowest BCUT2D eigenvalue weighted by Crippen LogP contribution is -2.34. The SMILES string of the molecule is CCCc1nc(C(=O)NCCNC(=O)c2ccc(F)cc2)cs1. The van der Waals surface area contributed by atoms with Crippen molar-refractivity contribution in [3.05, 3.63) is 51.7 Å². The van der Waals surface area contributed by atoms with E-state index in [1.807, 2.05) is 0 Å². The fourth-order valence-electron chi connectivity index (χ4n) is 1.89. The van der Waals surface area contributed by atoms with Crippen LogP contribution in [0.5, 0.6) is 0 Å². The van der Waals surface area contributed by atoms with Gasteiger partial charge in [0.1, 0.15) is 11.5 Å². The van der Waals surface area contributed by atoms with E-state index in [4.69, 9.17) is 0 Å². The van der Waals surface area contributed by atoms with E-state index in [0.29, 0.717) is 17.8 Å². The van der Waals surface area contributed by atoms with Gasteiger partial charge in [-0.2, -0.15) is 0 Å². The summed E-state index contributed by atoms with van der Waals surface area (Å²) in [6.45, 7) is 2.64. The van der Waals surface area contributed by atoms with Gasteiger partial charge in [0.25, 0.3) is 11.8 Å². The summed E-state index contributed by atoms with van der Waals surface area (Å²) in [6, 6.07) is 5.28. The van der Waals surface area contributed by atoms with E-state index < -0.39 is 0 Å². The largest absolute Gasteiger partial charge is 0.350 e. The van der Waals surface area contributed by atoms with Gasteiger partial charge in [-0.05, 0) is 37.1 Å². The van der Waals surface area contributed by atoms with Crippen LogP contribution in [0.15, 0.2) is 29.6 Å². The molecule has 0 bridgehead atoms. The van der Waals surface area contributed by atoms with Gasteiger partial charge in [0.05, 0.1) is 5.01 Å². The normalized spacial score (nSPS) is 10.3. The van der Waals surface area contributed by atoms with Crippen LogP contribution in [0.4, 0.5) is 4.39 Å². The van der Waals surface area contributed by atoms with Crippen molar-refractivity contribution >= 4 is 23.2 Å². The summed E-state index contributed by atoms with van der Waals surface area (Å²) in [5, 5.41) is 8.04. The Morgan fingerprint density at radius 1 is 1.13 bits per heavy atom. The number of halogens is 1. The number of amides is 2. The van der Waals surface area contributed by atoms with Crippen molar-refractivity contribution in [3.8, 4) is 0 Å². The molecule has 1 aromatic heterocycles. The Balaban J connectivity index is 1.72. The number of hydrogen-bond donors (Lipinski definition) is 2. The maximum absolute atomic E-state index is 12.8. The van der Waals surface area contributed by atoms with Crippen LogP contribution < -0.4 is 10.6 Å². The molecule has 0 fully saturated rings. The first kappa shape index (κ1) is 17.1. The second-order valence-electron chi connectivity index (χ2n) is 4.90. The third-order valence-electron chi connectivity index (χ3n) is 3.05. The fraction of sp³-hybridized carbons (Fsp3) is 0.312. The second-order valence-corrected chi connectivity index (χ2v) is 5.84. The van der Waals surface area contributed by atoms with Crippen LogP contribution in [0.2, 0.25) is 0 Å². The number of benzene rings is 1. The number of rotatable bonds is 7. The highest BCUT2D eigenvalue weighted by molar-refractivity contribution is 7.09. The number of aromatic nitrogens is 1. The Morgan fingerprint density at radius 3 is 2.43 bits per heavy atom. The second kappa shape index (κ2) is 8.38. The lowest BCUT2D eigenvalue weighted by Gasteiger charge is -2.06. The van der Waals surface area contributed by atoms with E-state index >= 15 is 0 Å². The summed E-state index contributed by atoms with van der Waals surface area (Å²) in [5.74, 6) is -0.947. The molecular weight excluding hydrogens is 317 g/mol. The first-order valence-corrected chi connectivity index (χ1v) is 8.24. The highest BCUT2D eigenvalue weighted by Gasteiger charge is 2.10. The molecule has 0 unspecified atom stereocenters. The predicted molar refractivity (Wildman–Crippen MR) is 87.2 cm³/mol. The van der Waals surface area contributed by atoms with Crippen LogP contribution in [0, 0.1) is 5.82 Å². The van der Waals surface area contributed by atoms with Crippen LogP contribution in [-0.2, 0) is 6.42 Å². The molecule has 5 nitrogen and oxygen atoms in total. The minimum Gasteiger partial charge on any atom is -0.350 e. The minimum atomic E-state index is -0.389. The molecule has 0 aliphatic heterocycles. The predicted octanol–water partition coefficient (Wildman–Crippen LogP) is 2.39. The molecule has 2 N–H and O–H groups in total. The fourth-order valence-corrected chi connectivity index (χ4v) is 2.77. The van der Waals surface area contributed by atoms with Crippen molar-refractivity contribution in [2.75, 3.05) is 13.1 Å². The molecule has 7 heteroatoms. The molecule has 2 amide bonds. The van der Waals surface area contributed by atoms with Crippen molar-refractivity contribution in [2.45, 2.75) is 19.8 Å². The molecule has 0 spiro atoms. The summed E-state index contributed by atoms with van der Waals surface area (Å²) in [4.78, 5) is 27.9. The van der Waals surface area contributed by atoms with Crippen molar-refractivity contribution in [1.82, 2.24) is 15.6 Å². The van der Waals surface area contributed by atoms with Gasteiger partial charge in [0.2, 0.25) is 0 Å². The van der Waals surface area contributed by atoms with Crippen LogP contribution in [0.1, 0.15) is 39.2 Å². The Labute approximate surface area is 137 Å². The van der Waals surface area contributed by atoms with E-state index in [-0.39, 0.29) is 24.2 Å². The van der Waals surface area contributed by atoms with Crippen LogP contribution in [0.25, 0.3) is 0 Å². The molecule has 0 aliphatic rings. The number of carbonyl (C=O) groups is 2. The first-order valence-electron chi connectivity index (χ1n) is 7.36. The van der Waals surface area contributed by atoms with Crippen LogP contribution in [0.3, 0.4) is 0 Å². The van der Waals surface area contributed by atoms with Gasteiger partial charge in [0.15, 0.2) is 0 Å². The molecule has 0 atom stereocenters. The summed E-state index contributed by atoms with van der Waals surface area (Å²) in [7, 11) is 0. The Morgan fingerprint density at radius 2 is 1.78 bits per heavy atom. The molecule has 0 radical (unpaired) electrons. The molecule has 0 aliphatic carbocycles. The molecule has 1 aromatic carbocycles. The first-order chi connectivity index (χ1) is 11.1. The Kier molecular flexibility index (Phi) is 6.22. The Bertz CT molecular complexity index is 670. The molecule has 122 valence electrons. The third-order valence-corrected chi connectivity index (χ3v) is 3.96. The summed E-state index contributed by atoms with van der Waals surface area (Å²) >= 11 is 1.47. The lowest BCUT2D eigenvalue weighted by molar-refractivity contribution is 0.0925. The molecule has 0 saturated carbocycles. The Hall–Kier alpha value is -2.28. The van der Waals surface area contributed by atoms with Crippen molar-refractivity contribution < 1.29 is 14.0 Å². The van der Waals surface area contributed by atoms with Crippen molar-refractivity contribution in [1.29, 1.82) is 0 Å². The highest BCUT2D eigenvalue weighted by Crippen LogP contribution is 2.11. The van der Waals surface area contributed by atoms with Gasteiger partial charge >= 0.3 is 0 Å². The minimum absolute atomic E-state index is 0.250. The average Bonchev–Trinajstić information content (AvgIpc) is 3.01. The molecule has 0 saturated heterocycles. The van der Waals surface area contributed by atoms with E-state index in [9.17, 15) is 14.0 Å². The zero-order chi connectivity index (χ0) is 16.7. The number of carbonyl (C=O) groups excluding carboxylic acids is 2. The molecule has 1 heterocycles. The third kappa shape index (κ3) is 5.14. The van der Waals surface area contributed by atoms with Crippen LogP contribution in [-0.4, -0.2) is 29.9 Å². The van der Waals surface area contributed by atoms with E-state index in [2.05, 4.69) is 22.5 Å². The van der Waals surface area contributed by atoms with Gasteiger partial charge in [-0.1, -0.05) is 6.92 Å². The number of aryl methyl sites for hydroxylation is 1. The van der Waals surface area contributed by atoms with E-state index in [1.165, 1.54) is 35.6 Å². The lowest BCUT2D eigenvalue weighted by atomic mass is 10.2. The summed E-state index contributed by atoms with van der Waals surface area (Å²) < 4.78 is 12.8. The van der Waals surface area contributed by atoms with Crippen molar-refractivity contribution in [2.24, 2.45) is 0 Å². The molecule has 23 heavy (non-hydrogen) atoms. The maximum Gasteiger partial charge on any atom is 0.270 e. The monoisotopic (exact) mass is 335 g/mol. The quantitative estimate of drug-likeness (QED) is 0.763. The zero-order valence-corrected chi connectivity index (χ0v) is 13.6. The van der Waals surface area contributed by atoms with Gasteiger partial charge < -0.3 is 10.6 Å². The number of nitrogens with zero attached hydrogens (tertiary/aromatic N) is 1. The summed E-state index contributed by atoms with van der Waals surface area (Å²) in [5.41, 5.74) is 0.782. The van der Waals surface area contributed by atoms with Gasteiger partial charge in [-0.3, -0.25) is 9.59 Å². The number of hydrogen-bond acceptors (Lipinski definition) is 4. The van der Waals surface area contributed by atoms with Gasteiger partial charge in [-0.15, -0.1) is 11.3 Å². The highest BCUT2D eigenvalue weighted by atomic mass is 32.1. The molecular formula is C16H18FN3O2S. The van der Waals surface area contributed by atoms with E-state index in [1.54, 1.807) is 5.38 Å².